The van der Waals surface area contributed by atoms with Crippen LogP contribution in [0.25, 0.3) is 0 Å². The summed E-state index contributed by atoms with van der Waals surface area (Å²) in [6, 6.07) is -2.41. The first kappa shape index (κ1) is 76.5. The van der Waals surface area contributed by atoms with Gasteiger partial charge < -0.3 is 15.8 Å². The fourth-order valence-electron chi connectivity index (χ4n) is 3.92. The molecule has 0 aromatic rings. The predicted octanol–water partition coefficient (Wildman–Crippen LogP) is 13.2. The van der Waals surface area contributed by atoms with E-state index in [1.807, 2.05) is 27.7 Å². The number of carboxylic acid groups (broad SMARTS) is 1. The lowest BCUT2D eigenvalue weighted by atomic mass is 9.97. The van der Waals surface area contributed by atoms with Crippen molar-refractivity contribution < 1.29 is 82.3 Å². The standard InChI is InChI=1S/C9H15F4NO.C9H15F2NO2.C8H15F2N.C7H15NO.C2F4.FH.I2.HI.H2O/c1-5(2)7-8(10,11)9(12,13)15-14(7)6(3)4;1-5(2)7(12-6(3)4)9(10,11)8(13)14;1-5(2)7(8(9)10)11-6(3)4;1-6(2)5-8(9)7(3)4;3-1(4)2(5)6;;1-2;;/h5-7H,1-4H3;5-6H,1-4H3,(H,13,14);5-6,8H,1-4H3;5-7H,1-4H3;;1H;;1H;1H2/b;;;8-5+;;;;;. The summed E-state index contributed by atoms with van der Waals surface area (Å²) in [6.07, 6.45) is -10.9. The van der Waals surface area contributed by atoms with E-state index < -0.39 is 72.1 Å². The summed E-state index contributed by atoms with van der Waals surface area (Å²) in [5.74, 6) is -11.2. The maximum atomic E-state index is 13.3. The topological polar surface area (TPSA) is 132 Å². The highest BCUT2D eigenvalue weighted by Crippen LogP contribution is 2.49. The van der Waals surface area contributed by atoms with Gasteiger partial charge in [0.1, 0.15) is 6.04 Å². The Morgan fingerprint density at radius 1 is 0.800 bits per heavy atom. The second-order valence-corrected chi connectivity index (χ2v) is 14.5. The van der Waals surface area contributed by atoms with Crippen molar-refractivity contribution in [3.63, 3.8) is 0 Å². The minimum atomic E-state index is -4.41. The van der Waals surface area contributed by atoms with Gasteiger partial charge in [-0.1, -0.05) is 55.4 Å². The summed E-state index contributed by atoms with van der Waals surface area (Å²) in [5.41, 5.74) is -0.556. The fraction of sp³-hybridized carbons (Fsp3) is 0.829. The number of halogens is 16. The number of alkyl halides is 8. The monoisotopic (exact) mass is 1250 g/mol. The van der Waals surface area contributed by atoms with Gasteiger partial charge in [-0.15, -0.1) is 24.0 Å². The summed E-state index contributed by atoms with van der Waals surface area (Å²) < 4.78 is 145. The van der Waals surface area contributed by atoms with E-state index in [1.54, 1.807) is 47.8 Å². The first-order valence-corrected chi connectivity index (χ1v) is 23.8. The molecule has 25 heteroatoms. The van der Waals surface area contributed by atoms with Crippen LogP contribution in [0.3, 0.4) is 0 Å². The van der Waals surface area contributed by atoms with Crippen LogP contribution < -0.4 is 0 Å². The van der Waals surface area contributed by atoms with Crippen LogP contribution in [0.4, 0.5) is 57.4 Å². The number of aliphatic carboxylic acids is 1. The van der Waals surface area contributed by atoms with Gasteiger partial charge in [0.15, 0.2) is 12.3 Å². The van der Waals surface area contributed by atoms with Gasteiger partial charge in [-0.25, -0.2) is 23.2 Å². The number of hydrogen-bond acceptors (Lipinski definition) is 6. The van der Waals surface area contributed by atoms with E-state index in [1.165, 1.54) is 41.5 Å². The largest absolute Gasteiger partial charge is 0.624 e. The van der Waals surface area contributed by atoms with Crippen LogP contribution >= 0.6 is 61.2 Å². The van der Waals surface area contributed by atoms with Gasteiger partial charge in [0, 0.05) is 61.3 Å². The number of hydroxylamine groups is 3. The Labute approximate surface area is 386 Å². The molecule has 0 amide bonds. The molecule has 9 nitrogen and oxygen atoms in total. The van der Waals surface area contributed by atoms with Crippen molar-refractivity contribution in [2.75, 3.05) is 0 Å². The van der Waals surface area contributed by atoms with Gasteiger partial charge in [-0.2, -0.15) is 49.0 Å². The summed E-state index contributed by atoms with van der Waals surface area (Å²) >= 11 is 4.24. The van der Waals surface area contributed by atoms with Crippen LogP contribution in [0.2, 0.25) is 0 Å². The van der Waals surface area contributed by atoms with E-state index in [2.05, 4.69) is 52.1 Å². The van der Waals surface area contributed by atoms with Crippen LogP contribution in [0.1, 0.15) is 111 Å². The van der Waals surface area contributed by atoms with Crippen LogP contribution in [0.5, 0.6) is 0 Å². The van der Waals surface area contributed by atoms with Crippen molar-refractivity contribution >= 4 is 84.8 Å². The zero-order valence-electron chi connectivity index (χ0n) is 36.4. The molecule has 1 atom stereocenters. The molecule has 1 unspecified atom stereocenters. The zero-order chi connectivity index (χ0) is 47.1. The molecule has 1 aliphatic heterocycles. The number of carbonyl (C=O) groups is 1. The molecular formula is C35H64F13I3N4O5. The minimum absolute atomic E-state index is 0. The number of rotatable bonds is 11. The van der Waals surface area contributed by atoms with Crippen LogP contribution in [0.15, 0.2) is 22.1 Å². The first-order chi connectivity index (χ1) is 25.4. The predicted molar refractivity (Wildman–Crippen MR) is 241 cm³/mol. The van der Waals surface area contributed by atoms with Gasteiger partial charge in [0.05, 0.1) is 11.4 Å². The summed E-state index contributed by atoms with van der Waals surface area (Å²) in [7, 11) is 0. The Bertz CT molecular complexity index is 1230. The number of carboxylic acids is 1. The molecule has 0 bridgehead atoms. The lowest BCUT2D eigenvalue weighted by Crippen LogP contribution is -2.48. The maximum absolute atomic E-state index is 13.3. The van der Waals surface area contributed by atoms with Crippen LogP contribution in [-0.4, -0.2) is 98.6 Å². The molecule has 0 aromatic carbocycles. The van der Waals surface area contributed by atoms with E-state index >= 15 is 0 Å². The smallest absolute Gasteiger partial charge is 0.436 e. The Kier molecular flexibility index (Phi) is 46.5. The molecule has 0 saturated carbocycles. The van der Waals surface area contributed by atoms with Crippen LogP contribution in [0, 0.1) is 28.9 Å². The molecule has 60 heavy (non-hydrogen) atoms. The molecule has 1 aliphatic rings. The summed E-state index contributed by atoms with van der Waals surface area (Å²) in [4.78, 5) is 21.9. The minimum Gasteiger partial charge on any atom is -0.624 e. The Hall–Kier alpha value is -0.820. The lowest BCUT2D eigenvalue weighted by Gasteiger charge is -2.29. The van der Waals surface area contributed by atoms with Gasteiger partial charge >= 0.3 is 36.1 Å². The van der Waals surface area contributed by atoms with E-state index in [-0.39, 0.29) is 63.9 Å². The van der Waals surface area contributed by atoms with Crippen molar-refractivity contribution in [2.45, 2.75) is 165 Å². The second-order valence-electron chi connectivity index (χ2n) is 14.5. The molecule has 0 spiro atoms. The van der Waals surface area contributed by atoms with Crippen molar-refractivity contribution in [1.82, 2.24) is 5.06 Å². The molecule has 366 valence electrons. The molecule has 1 fully saturated rings. The average molecular weight is 1250 g/mol. The van der Waals surface area contributed by atoms with Crippen LogP contribution in [-0.2, 0) is 9.63 Å². The fourth-order valence-corrected chi connectivity index (χ4v) is 3.92. The van der Waals surface area contributed by atoms with E-state index in [0.29, 0.717) is 11.0 Å². The highest BCUT2D eigenvalue weighted by atomic mass is 128. The summed E-state index contributed by atoms with van der Waals surface area (Å²) in [5, 5.41) is 19.9. The Morgan fingerprint density at radius 3 is 1.32 bits per heavy atom. The molecule has 1 saturated heterocycles. The molecular weight excluding hydrogens is 1180 g/mol. The Balaban J connectivity index is -0.0000000942. The third kappa shape index (κ3) is 31.9. The molecule has 3 N–H and O–H groups in total. The Morgan fingerprint density at radius 2 is 1.17 bits per heavy atom. The first-order valence-electron chi connectivity index (χ1n) is 17.5. The van der Waals surface area contributed by atoms with Gasteiger partial charge in [0.25, 0.3) is 6.43 Å². The zero-order valence-corrected chi connectivity index (χ0v) is 43.1. The number of hydrogen-bond donors (Lipinski definition) is 1. The van der Waals surface area contributed by atoms with E-state index in [9.17, 15) is 62.7 Å². The van der Waals surface area contributed by atoms with Gasteiger partial charge in [-0.05, 0) is 73.1 Å². The van der Waals surface area contributed by atoms with Crippen molar-refractivity contribution in [1.29, 1.82) is 0 Å². The van der Waals surface area contributed by atoms with E-state index in [0.717, 1.165) is 4.74 Å². The van der Waals surface area contributed by atoms with E-state index in [4.69, 9.17) is 5.11 Å². The molecule has 1 heterocycles. The third-order valence-corrected chi connectivity index (χ3v) is 6.25. The van der Waals surface area contributed by atoms with Gasteiger partial charge in [-0.3, -0.25) is 14.7 Å². The van der Waals surface area contributed by atoms with Crippen molar-refractivity contribution in [2.24, 2.45) is 33.7 Å². The maximum Gasteiger partial charge on any atom is 0.436 e. The van der Waals surface area contributed by atoms with Gasteiger partial charge in [0.2, 0.25) is 0 Å². The second kappa shape index (κ2) is 36.5. The van der Waals surface area contributed by atoms with Crippen molar-refractivity contribution in [3.05, 3.63) is 17.4 Å². The highest BCUT2D eigenvalue weighted by molar-refractivity contribution is 15.0. The SMILES string of the molecule is CC(C)/C=[N+](/[O-])C(C)C.CC(C)C1N(C(C)C)OC(F)(F)C1(F)F.CC(C)N=C(C(C)C)C(F)(F)C(=O)O.CC(C)N=C(C(C)C)C(F)F.F.FC(F)=C(F)F.I.II.O. The average Bonchev–Trinajstić information content (AvgIpc) is 3.23. The van der Waals surface area contributed by atoms with Crippen molar-refractivity contribution in [3.8, 4) is 0 Å². The number of aliphatic imine (C=N–C) groups is 2. The normalized spacial score (nSPS) is 16.2. The molecule has 1 rings (SSSR count). The lowest BCUT2D eigenvalue weighted by molar-refractivity contribution is -0.489. The number of nitrogens with zero attached hydrogens (tertiary/aromatic N) is 4. The summed E-state index contributed by atoms with van der Waals surface area (Å²) in [6.45, 7) is 27.1. The third-order valence-electron chi connectivity index (χ3n) is 6.25. The quantitative estimate of drug-likeness (QED) is 0.0549. The highest BCUT2D eigenvalue weighted by Gasteiger charge is 2.72. The molecule has 0 radical (unpaired) electrons. The molecule has 0 aliphatic carbocycles. The molecule has 0 aromatic heterocycles.